The molecule has 0 saturated carbocycles. The Kier molecular flexibility index (Phi) is 4.64. The highest BCUT2D eigenvalue weighted by molar-refractivity contribution is 6.30. The number of halogens is 1. The number of carbonyl (C=O) groups is 1. The SMILES string of the molecule is O=C(OCc1cc(Cl)cc2c1OCOC2)c1ccc2c(c1)CCCC2. The number of carbonyl (C=O) groups excluding carboxylic acids is 1. The van der Waals surface area contributed by atoms with Crippen molar-refractivity contribution in [2.75, 3.05) is 6.79 Å². The average molecular weight is 359 g/mol. The summed E-state index contributed by atoms with van der Waals surface area (Å²) in [6.07, 6.45) is 4.53. The molecule has 4 rings (SSSR count). The molecule has 0 atom stereocenters. The lowest BCUT2D eigenvalue weighted by molar-refractivity contribution is -0.0180. The van der Waals surface area contributed by atoms with Crippen molar-refractivity contribution in [1.29, 1.82) is 0 Å². The highest BCUT2D eigenvalue weighted by Crippen LogP contribution is 2.32. The summed E-state index contributed by atoms with van der Waals surface area (Å²) < 4.78 is 16.3. The van der Waals surface area contributed by atoms with Crippen LogP contribution in [0.2, 0.25) is 5.02 Å². The number of esters is 1. The van der Waals surface area contributed by atoms with E-state index in [1.165, 1.54) is 24.0 Å². The van der Waals surface area contributed by atoms with Crippen LogP contribution in [0.5, 0.6) is 5.75 Å². The predicted octanol–water partition coefficient (Wildman–Crippen LogP) is 4.44. The van der Waals surface area contributed by atoms with Gasteiger partial charge in [-0.15, -0.1) is 0 Å². The van der Waals surface area contributed by atoms with Gasteiger partial charge in [-0.25, -0.2) is 4.79 Å². The van der Waals surface area contributed by atoms with Crippen LogP contribution in [-0.4, -0.2) is 12.8 Å². The number of ether oxygens (including phenoxy) is 3. The highest BCUT2D eigenvalue weighted by atomic mass is 35.5. The third-order valence-electron chi connectivity index (χ3n) is 4.69. The molecular weight excluding hydrogens is 340 g/mol. The van der Waals surface area contributed by atoms with E-state index in [9.17, 15) is 4.79 Å². The smallest absolute Gasteiger partial charge is 0.338 e. The van der Waals surface area contributed by atoms with E-state index >= 15 is 0 Å². The molecule has 25 heavy (non-hydrogen) atoms. The summed E-state index contributed by atoms with van der Waals surface area (Å²) in [4.78, 5) is 12.4. The van der Waals surface area contributed by atoms with Crippen molar-refractivity contribution in [2.24, 2.45) is 0 Å². The minimum Gasteiger partial charge on any atom is -0.467 e. The molecule has 0 fully saturated rings. The first-order valence-electron chi connectivity index (χ1n) is 8.51. The number of fused-ring (bicyclic) bond motifs is 2. The van der Waals surface area contributed by atoms with Crippen LogP contribution in [-0.2, 0) is 35.5 Å². The maximum atomic E-state index is 12.4. The van der Waals surface area contributed by atoms with E-state index in [1.54, 1.807) is 6.07 Å². The second kappa shape index (κ2) is 7.06. The topological polar surface area (TPSA) is 44.8 Å². The molecule has 0 radical (unpaired) electrons. The van der Waals surface area contributed by atoms with E-state index < -0.39 is 0 Å². The molecule has 0 aromatic heterocycles. The van der Waals surface area contributed by atoms with Crippen molar-refractivity contribution in [3.8, 4) is 5.75 Å². The van der Waals surface area contributed by atoms with Crippen LogP contribution < -0.4 is 4.74 Å². The van der Waals surface area contributed by atoms with Gasteiger partial charge in [-0.1, -0.05) is 17.7 Å². The Labute approximate surface area is 151 Å². The average Bonchev–Trinajstić information content (AvgIpc) is 2.65. The van der Waals surface area contributed by atoms with Crippen LogP contribution in [0.15, 0.2) is 30.3 Å². The fraction of sp³-hybridized carbons (Fsp3) is 0.350. The predicted molar refractivity (Wildman–Crippen MR) is 93.9 cm³/mol. The van der Waals surface area contributed by atoms with Crippen molar-refractivity contribution in [3.05, 3.63) is 63.2 Å². The van der Waals surface area contributed by atoms with E-state index in [1.807, 2.05) is 24.3 Å². The van der Waals surface area contributed by atoms with Gasteiger partial charge in [0.05, 0.1) is 12.2 Å². The lowest BCUT2D eigenvalue weighted by Crippen LogP contribution is -2.14. The number of benzene rings is 2. The first-order chi connectivity index (χ1) is 12.2. The number of hydrogen-bond donors (Lipinski definition) is 0. The number of rotatable bonds is 3. The van der Waals surface area contributed by atoms with Gasteiger partial charge >= 0.3 is 5.97 Å². The zero-order chi connectivity index (χ0) is 17.2. The van der Waals surface area contributed by atoms with Crippen molar-refractivity contribution < 1.29 is 19.0 Å². The fourth-order valence-electron chi connectivity index (χ4n) is 3.45. The van der Waals surface area contributed by atoms with Crippen molar-refractivity contribution in [1.82, 2.24) is 0 Å². The summed E-state index contributed by atoms with van der Waals surface area (Å²) >= 11 is 6.14. The number of aryl methyl sites for hydroxylation is 2. The molecule has 0 bridgehead atoms. The Bertz CT molecular complexity index is 816. The van der Waals surface area contributed by atoms with E-state index in [4.69, 9.17) is 25.8 Å². The Hall–Kier alpha value is -2.04. The van der Waals surface area contributed by atoms with Crippen LogP contribution in [0.4, 0.5) is 0 Å². The summed E-state index contributed by atoms with van der Waals surface area (Å²) in [7, 11) is 0. The molecule has 130 valence electrons. The van der Waals surface area contributed by atoms with Gasteiger partial charge in [-0.3, -0.25) is 0 Å². The standard InChI is InChI=1S/C20H19ClO4/c21-18-8-16-10-23-12-25-19(16)17(9-18)11-24-20(22)15-6-5-13-3-1-2-4-14(13)7-15/h5-9H,1-4,10-12H2. The zero-order valence-corrected chi connectivity index (χ0v) is 14.6. The van der Waals surface area contributed by atoms with Gasteiger partial charge in [-0.05, 0) is 61.1 Å². The van der Waals surface area contributed by atoms with Gasteiger partial charge in [-0.2, -0.15) is 0 Å². The van der Waals surface area contributed by atoms with Gasteiger partial charge in [0.2, 0.25) is 0 Å². The molecule has 0 N–H and O–H groups in total. The van der Waals surface area contributed by atoms with Crippen LogP contribution in [0.1, 0.15) is 45.5 Å². The zero-order valence-electron chi connectivity index (χ0n) is 13.8. The molecule has 2 aliphatic rings. The molecule has 0 spiro atoms. The highest BCUT2D eigenvalue weighted by Gasteiger charge is 2.19. The van der Waals surface area contributed by atoms with Crippen molar-refractivity contribution in [3.63, 3.8) is 0 Å². The third kappa shape index (κ3) is 3.51. The van der Waals surface area contributed by atoms with Gasteiger partial charge in [0.15, 0.2) is 6.79 Å². The van der Waals surface area contributed by atoms with Crippen molar-refractivity contribution >= 4 is 17.6 Å². The first-order valence-corrected chi connectivity index (χ1v) is 8.89. The van der Waals surface area contributed by atoms with E-state index in [-0.39, 0.29) is 19.4 Å². The summed E-state index contributed by atoms with van der Waals surface area (Å²) in [5.41, 5.74) is 4.85. The molecule has 0 amide bonds. The summed E-state index contributed by atoms with van der Waals surface area (Å²) in [6, 6.07) is 9.45. The first kappa shape index (κ1) is 16.4. The third-order valence-corrected chi connectivity index (χ3v) is 4.91. The maximum absolute atomic E-state index is 12.4. The molecule has 5 heteroatoms. The van der Waals surface area contributed by atoms with Crippen LogP contribution in [0, 0.1) is 0 Å². The Morgan fingerprint density at radius 3 is 2.80 bits per heavy atom. The molecule has 1 heterocycles. The second-order valence-corrected chi connectivity index (χ2v) is 6.87. The summed E-state index contributed by atoms with van der Waals surface area (Å²) in [5.74, 6) is 0.378. The summed E-state index contributed by atoms with van der Waals surface area (Å²) in [5, 5.41) is 0.577. The molecule has 1 aliphatic carbocycles. The Morgan fingerprint density at radius 2 is 1.92 bits per heavy atom. The maximum Gasteiger partial charge on any atom is 0.338 e. The van der Waals surface area contributed by atoms with E-state index in [0.29, 0.717) is 22.9 Å². The lowest BCUT2D eigenvalue weighted by Gasteiger charge is -2.21. The largest absolute Gasteiger partial charge is 0.467 e. The van der Waals surface area contributed by atoms with E-state index in [2.05, 4.69) is 0 Å². The minimum atomic E-state index is -0.325. The number of hydrogen-bond acceptors (Lipinski definition) is 4. The van der Waals surface area contributed by atoms with Crippen LogP contribution in [0.25, 0.3) is 0 Å². The second-order valence-electron chi connectivity index (χ2n) is 6.43. The molecule has 4 nitrogen and oxygen atoms in total. The molecule has 2 aromatic carbocycles. The molecule has 2 aromatic rings. The van der Waals surface area contributed by atoms with Gasteiger partial charge in [0.1, 0.15) is 12.4 Å². The molecular formula is C20H19ClO4. The van der Waals surface area contributed by atoms with Crippen molar-refractivity contribution in [2.45, 2.75) is 38.9 Å². The Morgan fingerprint density at radius 1 is 1.08 bits per heavy atom. The lowest BCUT2D eigenvalue weighted by atomic mass is 9.90. The molecule has 1 aliphatic heterocycles. The van der Waals surface area contributed by atoms with Gasteiger partial charge in [0, 0.05) is 16.1 Å². The normalized spacial score (nSPS) is 15.7. The molecule has 0 unspecified atom stereocenters. The Balaban J connectivity index is 1.50. The monoisotopic (exact) mass is 358 g/mol. The van der Waals surface area contributed by atoms with Crippen LogP contribution >= 0.6 is 11.6 Å². The minimum absolute atomic E-state index is 0.124. The fourth-order valence-corrected chi connectivity index (χ4v) is 3.71. The molecule has 0 saturated heterocycles. The summed E-state index contributed by atoms with van der Waals surface area (Å²) in [6.45, 7) is 0.765. The van der Waals surface area contributed by atoms with Crippen LogP contribution in [0.3, 0.4) is 0 Å². The quantitative estimate of drug-likeness (QED) is 0.761. The van der Waals surface area contributed by atoms with Gasteiger partial charge in [0.25, 0.3) is 0 Å². The van der Waals surface area contributed by atoms with E-state index in [0.717, 1.165) is 24.0 Å². The van der Waals surface area contributed by atoms with Gasteiger partial charge < -0.3 is 14.2 Å².